The van der Waals surface area contributed by atoms with E-state index in [1.807, 2.05) is 30.3 Å². The predicted molar refractivity (Wildman–Crippen MR) is 225 cm³/mol. The molecule has 3 heterocycles. The third-order valence-electron chi connectivity index (χ3n) is 10.7. The average molecular weight is 689 g/mol. The molecule has 54 heavy (non-hydrogen) atoms. The normalized spacial score (nSPS) is 11.7. The van der Waals surface area contributed by atoms with E-state index in [1.165, 1.54) is 49.3 Å². The van der Waals surface area contributed by atoms with E-state index >= 15 is 0 Å². The first-order valence-electron chi connectivity index (χ1n) is 18.3. The average Bonchev–Trinajstić information content (AvgIpc) is 3.75. The van der Waals surface area contributed by atoms with Gasteiger partial charge in [0, 0.05) is 32.8 Å². The molecule has 0 unspecified atom stereocenters. The number of nitrogens with zero attached hydrogens (tertiary/aromatic N) is 4. The molecule has 0 spiro atoms. The number of hydrogen-bond acceptors (Lipinski definition) is 2. The molecule has 11 aromatic rings. The lowest BCUT2D eigenvalue weighted by molar-refractivity contribution is 1.08. The molecule has 0 radical (unpaired) electrons. The van der Waals surface area contributed by atoms with Gasteiger partial charge in [-0.1, -0.05) is 146 Å². The molecular weight excluding hydrogens is 657 g/mol. The fourth-order valence-electron chi connectivity index (χ4n) is 8.18. The van der Waals surface area contributed by atoms with Crippen molar-refractivity contribution in [2.24, 2.45) is 0 Å². The van der Waals surface area contributed by atoms with Gasteiger partial charge in [-0.2, -0.15) is 0 Å². The Labute approximate surface area is 311 Å². The highest BCUT2D eigenvalue weighted by molar-refractivity contribution is 6.19. The Morgan fingerprint density at radius 1 is 0.296 bits per heavy atom. The van der Waals surface area contributed by atoms with Crippen LogP contribution in [0.2, 0.25) is 0 Å². The van der Waals surface area contributed by atoms with Crippen LogP contribution in [0.1, 0.15) is 0 Å². The van der Waals surface area contributed by atoms with Gasteiger partial charge in [0.1, 0.15) is 5.69 Å². The Hall–Kier alpha value is -7.30. The quantitative estimate of drug-likeness (QED) is 0.180. The molecule has 0 aliphatic rings. The second kappa shape index (κ2) is 12.1. The second-order valence-corrected chi connectivity index (χ2v) is 13.8. The summed E-state index contributed by atoms with van der Waals surface area (Å²) in [7, 11) is 0. The Balaban J connectivity index is 1.15. The Kier molecular flexibility index (Phi) is 6.82. The number of hydrogen-bond donors (Lipinski definition) is 0. The van der Waals surface area contributed by atoms with Crippen LogP contribution < -0.4 is 0 Å². The molecule has 4 heteroatoms. The molecule has 0 atom stereocenters. The van der Waals surface area contributed by atoms with E-state index in [2.05, 4.69) is 173 Å². The molecule has 11 rings (SSSR count). The number of benzene rings is 8. The summed E-state index contributed by atoms with van der Waals surface area (Å²) in [4.78, 5) is 10.6. The van der Waals surface area contributed by atoms with Crippen molar-refractivity contribution < 1.29 is 0 Å². The maximum absolute atomic E-state index is 5.35. The molecule has 0 saturated carbocycles. The molecule has 0 fully saturated rings. The molecule has 3 aromatic heterocycles. The first kappa shape index (κ1) is 30.3. The molecule has 0 bridgehead atoms. The van der Waals surface area contributed by atoms with Crippen molar-refractivity contribution in [2.75, 3.05) is 0 Å². The lowest BCUT2D eigenvalue weighted by Crippen LogP contribution is -2.03. The lowest BCUT2D eigenvalue weighted by Gasteiger charge is -2.14. The fourth-order valence-corrected chi connectivity index (χ4v) is 8.18. The summed E-state index contributed by atoms with van der Waals surface area (Å²) in [6, 6.07) is 69.0. The van der Waals surface area contributed by atoms with Gasteiger partial charge in [-0.25, -0.2) is 9.97 Å². The number of fused-ring (bicyclic) bond motifs is 7. The lowest BCUT2D eigenvalue weighted by atomic mass is 10.00. The summed E-state index contributed by atoms with van der Waals surface area (Å²) < 4.78 is 4.74. The van der Waals surface area contributed by atoms with Crippen molar-refractivity contribution in [1.29, 1.82) is 0 Å². The van der Waals surface area contributed by atoms with Crippen molar-refractivity contribution in [1.82, 2.24) is 19.1 Å². The van der Waals surface area contributed by atoms with Gasteiger partial charge in [0.05, 0.1) is 33.1 Å². The molecule has 8 aromatic carbocycles. The summed E-state index contributed by atoms with van der Waals surface area (Å²) in [5.41, 5.74) is 14.1. The maximum atomic E-state index is 5.35. The van der Waals surface area contributed by atoms with E-state index < -0.39 is 0 Å². The van der Waals surface area contributed by atoms with Gasteiger partial charge in [0.2, 0.25) is 0 Å². The van der Waals surface area contributed by atoms with E-state index in [0.717, 1.165) is 50.3 Å². The highest BCUT2D eigenvalue weighted by atomic mass is 15.1. The van der Waals surface area contributed by atoms with E-state index in [4.69, 9.17) is 9.97 Å². The van der Waals surface area contributed by atoms with E-state index in [0.29, 0.717) is 0 Å². The third-order valence-corrected chi connectivity index (χ3v) is 10.7. The number of rotatable bonds is 5. The van der Waals surface area contributed by atoms with Gasteiger partial charge >= 0.3 is 0 Å². The van der Waals surface area contributed by atoms with Crippen LogP contribution in [-0.2, 0) is 0 Å². The van der Waals surface area contributed by atoms with Gasteiger partial charge in [-0.3, -0.25) is 4.57 Å². The first-order chi connectivity index (χ1) is 26.8. The summed E-state index contributed by atoms with van der Waals surface area (Å²) in [5.74, 6) is 0.820. The largest absolute Gasteiger partial charge is 0.309 e. The minimum atomic E-state index is 0.820. The summed E-state index contributed by atoms with van der Waals surface area (Å²) in [6.07, 6.45) is 0. The SMILES string of the molecule is c1ccc(-c2ccc(-c3cccc(-n4c5ccccc5c5cc6c(cc54)c4ccccc4n6-c4nc5ccccc5nc4-c4ccccc4)c3)cc2)cc1. The zero-order valence-electron chi connectivity index (χ0n) is 29.3. The van der Waals surface area contributed by atoms with Crippen LogP contribution in [0.25, 0.3) is 99.7 Å². The smallest absolute Gasteiger partial charge is 0.165 e. The van der Waals surface area contributed by atoms with Gasteiger partial charge in [-0.05, 0) is 70.8 Å². The van der Waals surface area contributed by atoms with Crippen LogP contribution in [0, 0.1) is 0 Å². The monoisotopic (exact) mass is 688 g/mol. The maximum Gasteiger partial charge on any atom is 0.165 e. The van der Waals surface area contributed by atoms with E-state index in [9.17, 15) is 0 Å². The van der Waals surface area contributed by atoms with Crippen LogP contribution >= 0.6 is 0 Å². The second-order valence-electron chi connectivity index (χ2n) is 13.8. The predicted octanol–water partition coefficient (Wildman–Crippen LogP) is 12.8. The van der Waals surface area contributed by atoms with E-state index in [1.54, 1.807) is 0 Å². The van der Waals surface area contributed by atoms with Crippen molar-refractivity contribution >= 4 is 54.6 Å². The summed E-state index contributed by atoms with van der Waals surface area (Å²) in [5, 5.41) is 4.74. The molecule has 0 aliphatic carbocycles. The molecule has 4 nitrogen and oxygen atoms in total. The van der Waals surface area contributed by atoms with Crippen molar-refractivity contribution in [3.8, 4) is 45.0 Å². The topological polar surface area (TPSA) is 35.6 Å². The van der Waals surface area contributed by atoms with Crippen LogP contribution in [0.15, 0.2) is 194 Å². The van der Waals surface area contributed by atoms with Crippen LogP contribution in [0.5, 0.6) is 0 Å². The summed E-state index contributed by atoms with van der Waals surface area (Å²) in [6.45, 7) is 0. The van der Waals surface area contributed by atoms with Crippen molar-refractivity contribution in [3.05, 3.63) is 194 Å². The minimum absolute atomic E-state index is 0.820. The minimum Gasteiger partial charge on any atom is -0.309 e. The highest BCUT2D eigenvalue weighted by Gasteiger charge is 2.22. The van der Waals surface area contributed by atoms with Crippen LogP contribution in [0.3, 0.4) is 0 Å². The molecule has 0 N–H and O–H groups in total. The summed E-state index contributed by atoms with van der Waals surface area (Å²) >= 11 is 0. The third kappa shape index (κ3) is 4.78. The Morgan fingerprint density at radius 3 is 1.44 bits per heavy atom. The van der Waals surface area contributed by atoms with Crippen LogP contribution in [0.4, 0.5) is 0 Å². The van der Waals surface area contributed by atoms with Crippen molar-refractivity contribution in [2.45, 2.75) is 0 Å². The fraction of sp³-hybridized carbons (Fsp3) is 0. The van der Waals surface area contributed by atoms with Crippen molar-refractivity contribution in [3.63, 3.8) is 0 Å². The Bertz CT molecular complexity index is 3190. The van der Waals surface area contributed by atoms with E-state index in [-0.39, 0.29) is 0 Å². The standard InChI is InChI=1S/C50H32N4/c1-3-14-33(15-4-1)34-26-28-35(29-27-34)37-18-13-19-38(30-37)53-45-24-11-7-20-39(45)41-32-48-42(31-47(41)53)40-21-8-12-25-46(40)54(48)50-49(36-16-5-2-6-17-36)51-43-22-9-10-23-44(43)52-50/h1-32H. The number of para-hydroxylation sites is 4. The van der Waals surface area contributed by atoms with Gasteiger partial charge < -0.3 is 4.57 Å². The van der Waals surface area contributed by atoms with Crippen LogP contribution in [-0.4, -0.2) is 19.1 Å². The number of aromatic nitrogens is 4. The first-order valence-corrected chi connectivity index (χ1v) is 18.3. The zero-order chi connectivity index (χ0) is 35.6. The molecule has 0 saturated heterocycles. The van der Waals surface area contributed by atoms with Gasteiger partial charge in [-0.15, -0.1) is 0 Å². The Morgan fingerprint density at radius 2 is 0.778 bits per heavy atom. The highest BCUT2D eigenvalue weighted by Crippen LogP contribution is 2.41. The zero-order valence-corrected chi connectivity index (χ0v) is 29.3. The molecule has 0 amide bonds. The molecular formula is C50H32N4. The van der Waals surface area contributed by atoms with Gasteiger partial charge in [0.15, 0.2) is 5.82 Å². The van der Waals surface area contributed by atoms with Gasteiger partial charge in [0.25, 0.3) is 0 Å². The molecule has 252 valence electrons. The molecule has 0 aliphatic heterocycles.